The summed E-state index contributed by atoms with van der Waals surface area (Å²) in [6, 6.07) is 10.2. The summed E-state index contributed by atoms with van der Waals surface area (Å²) in [5, 5.41) is 8.16. The van der Waals surface area contributed by atoms with Crippen LogP contribution in [0.3, 0.4) is 0 Å². The number of benzene rings is 1. The topological polar surface area (TPSA) is 94.8 Å². The molecule has 0 unspecified atom stereocenters. The molecule has 31 heavy (non-hydrogen) atoms. The first kappa shape index (κ1) is 19.1. The van der Waals surface area contributed by atoms with Gasteiger partial charge in [0.1, 0.15) is 17.3 Å². The van der Waals surface area contributed by atoms with E-state index in [0.717, 1.165) is 0 Å². The van der Waals surface area contributed by atoms with Crippen molar-refractivity contribution in [2.45, 2.75) is 25.8 Å². The van der Waals surface area contributed by atoms with Gasteiger partial charge in [-0.3, -0.25) is 4.79 Å². The summed E-state index contributed by atoms with van der Waals surface area (Å²) in [6.45, 7) is 3.79. The van der Waals surface area contributed by atoms with E-state index < -0.39 is 5.41 Å². The van der Waals surface area contributed by atoms with E-state index >= 15 is 0 Å². The van der Waals surface area contributed by atoms with Crippen molar-refractivity contribution >= 4 is 22.8 Å². The largest absolute Gasteiger partial charge is 0.481 e. The zero-order chi connectivity index (χ0) is 21.8. The molecule has 0 saturated heterocycles. The van der Waals surface area contributed by atoms with Crippen LogP contribution >= 0.6 is 0 Å². The lowest BCUT2D eigenvalue weighted by molar-refractivity contribution is -0.119. The molecule has 3 aromatic heterocycles. The fraction of sp³-hybridized carbons (Fsp3) is 0.227. The van der Waals surface area contributed by atoms with Crippen LogP contribution < -0.4 is 10.1 Å². The molecule has 0 aliphatic carbocycles. The van der Waals surface area contributed by atoms with Gasteiger partial charge in [-0.2, -0.15) is 10.1 Å². The minimum Gasteiger partial charge on any atom is -0.481 e. The van der Waals surface area contributed by atoms with E-state index in [4.69, 9.17) is 4.74 Å². The number of aromatic nitrogens is 5. The van der Waals surface area contributed by atoms with Crippen LogP contribution in [0.1, 0.15) is 25.0 Å². The van der Waals surface area contributed by atoms with Crippen LogP contribution in [0.5, 0.6) is 5.88 Å². The molecule has 0 saturated carbocycles. The molecule has 9 heteroatoms. The van der Waals surface area contributed by atoms with E-state index in [1.807, 2.05) is 6.07 Å². The molecule has 1 amide bonds. The first-order valence-corrected chi connectivity index (χ1v) is 9.73. The maximum atomic E-state index is 14.2. The summed E-state index contributed by atoms with van der Waals surface area (Å²) in [5.41, 5.74) is 1.34. The van der Waals surface area contributed by atoms with Gasteiger partial charge in [0, 0.05) is 11.8 Å². The van der Waals surface area contributed by atoms with Crippen LogP contribution in [0.25, 0.3) is 22.6 Å². The van der Waals surface area contributed by atoms with Gasteiger partial charge >= 0.3 is 0 Å². The number of hydrogen-bond acceptors (Lipinski definition) is 6. The van der Waals surface area contributed by atoms with Crippen molar-refractivity contribution in [1.29, 1.82) is 0 Å². The number of halogens is 1. The molecule has 1 N–H and O–H groups in total. The Hall–Kier alpha value is -3.88. The second kappa shape index (κ2) is 6.83. The van der Waals surface area contributed by atoms with Gasteiger partial charge in [0.15, 0.2) is 11.5 Å². The smallest absolute Gasteiger partial charge is 0.235 e. The van der Waals surface area contributed by atoms with E-state index in [-0.39, 0.29) is 18.3 Å². The molecule has 4 aromatic rings. The molecule has 4 heterocycles. The molecule has 5 rings (SSSR count). The zero-order valence-corrected chi connectivity index (χ0v) is 17.2. The van der Waals surface area contributed by atoms with E-state index in [9.17, 15) is 9.18 Å². The monoisotopic (exact) mass is 418 g/mol. The molecule has 1 aromatic carbocycles. The lowest BCUT2D eigenvalue weighted by atomic mass is 9.87. The number of hydrogen-bond donors (Lipinski definition) is 1. The van der Waals surface area contributed by atoms with Crippen LogP contribution in [-0.2, 0) is 16.8 Å². The van der Waals surface area contributed by atoms with Crippen LogP contribution in [0.2, 0.25) is 0 Å². The predicted molar refractivity (Wildman–Crippen MR) is 112 cm³/mol. The zero-order valence-electron chi connectivity index (χ0n) is 17.2. The predicted octanol–water partition coefficient (Wildman–Crippen LogP) is 3.31. The molecule has 1 aliphatic rings. The average molecular weight is 418 g/mol. The van der Waals surface area contributed by atoms with Crippen molar-refractivity contribution in [3.05, 3.63) is 59.5 Å². The molecular formula is C22H19FN6O2. The van der Waals surface area contributed by atoms with E-state index in [2.05, 4.69) is 25.4 Å². The molecule has 156 valence electrons. The highest BCUT2D eigenvalue weighted by Crippen LogP contribution is 2.42. The van der Waals surface area contributed by atoms with Crippen molar-refractivity contribution < 1.29 is 13.9 Å². The molecule has 8 nitrogen and oxygen atoms in total. The molecule has 0 fully saturated rings. The van der Waals surface area contributed by atoms with Gasteiger partial charge in [-0.05, 0) is 32.0 Å². The van der Waals surface area contributed by atoms with Gasteiger partial charge in [-0.25, -0.2) is 19.0 Å². The standard InChI is InChI=1S/C22H19FN6O2/c1-22(2)15-17(27-21(22)30)25-18(26-20(15)31-3)16-13-8-6-10-24-19(13)29(28-16)11-12-7-4-5-9-14(12)23/h4-10H,11H2,1-3H3,(H,25,26,27,30). The molecular weight excluding hydrogens is 399 g/mol. The summed E-state index contributed by atoms with van der Waals surface area (Å²) in [6.07, 6.45) is 1.65. The Balaban J connectivity index is 1.68. The number of fused-ring (bicyclic) bond motifs is 2. The summed E-state index contributed by atoms with van der Waals surface area (Å²) < 4.78 is 21.3. The summed E-state index contributed by atoms with van der Waals surface area (Å²) in [5.74, 6) is 0.508. The Morgan fingerprint density at radius 1 is 1.16 bits per heavy atom. The van der Waals surface area contributed by atoms with Gasteiger partial charge < -0.3 is 10.1 Å². The maximum Gasteiger partial charge on any atom is 0.235 e. The minimum absolute atomic E-state index is 0.177. The summed E-state index contributed by atoms with van der Waals surface area (Å²) in [7, 11) is 1.50. The fourth-order valence-electron chi connectivity index (χ4n) is 3.80. The number of ether oxygens (including phenoxy) is 1. The number of anilines is 1. The Bertz CT molecular complexity index is 1350. The van der Waals surface area contributed by atoms with Gasteiger partial charge in [-0.1, -0.05) is 18.2 Å². The highest BCUT2D eigenvalue weighted by atomic mass is 19.1. The third kappa shape index (κ3) is 2.92. The number of nitrogens with zero attached hydrogens (tertiary/aromatic N) is 5. The first-order chi connectivity index (χ1) is 14.9. The second-order valence-corrected chi connectivity index (χ2v) is 7.83. The second-order valence-electron chi connectivity index (χ2n) is 7.83. The van der Waals surface area contributed by atoms with Gasteiger partial charge in [-0.15, -0.1) is 0 Å². The summed E-state index contributed by atoms with van der Waals surface area (Å²) >= 11 is 0. The number of carbonyl (C=O) groups is 1. The maximum absolute atomic E-state index is 14.2. The van der Waals surface area contributed by atoms with Gasteiger partial charge in [0.2, 0.25) is 11.8 Å². The van der Waals surface area contributed by atoms with Crippen molar-refractivity contribution in [2.24, 2.45) is 0 Å². The van der Waals surface area contributed by atoms with E-state index in [1.54, 1.807) is 49.0 Å². The Kier molecular flexibility index (Phi) is 4.21. The number of rotatable bonds is 4. The number of amides is 1. The molecule has 0 atom stereocenters. The molecule has 0 spiro atoms. The highest BCUT2D eigenvalue weighted by Gasteiger charge is 2.43. The van der Waals surface area contributed by atoms with Crippen molar-refractivity contribution in [3.63, 3.8) is 0 Å². The number of carbonyl (C=O) groups excluding carboxylic acids is 1. The number of methoxy groups -OCH3 is 1. The minimum atomic E-state index is -0.812. The quantitative estimate of drug-likeness (QED) is 0.546. The number of nitrogens with one attached hydrogen (secondary N) is 1. The van der Waals surface area contributed by atoms with Gasteiger partial charge in [0.05, 0.1) is 30.0 Å². The normalized spacial score (nSPS) is 14.5. The third-order valence-electron chi connectivity index (χ3n) is 5.49. The lowest BCUT2D eigenvalue weighted by Gasteiger charge is -2.16. The SMILES string of the molecule is COc1nc(-c2nn(Cc3ccccc3F)c3ncccc23)nc2c1C(C)(C)C(=O)N2. The molecule has 0 radical (unpaired) electrons. The van der Waals surface area contributed by atoms with Crippen molar-refractivity contribution in [1.82, 2.24) is 24.7 Å². The van der Waals surface area contributed by atoms with E-state index in [0.29, 0.717) is 45.4 Å². The highest BCUT2D eigenvalue weighted by molar-refractivity contribution is 6.05. The first-order valence-electron chi connectivity index (χ1n) is 9.73. The fourth-order valence-corrected chi connectivity index (χ4v) is 3.80. The van der Waals surface area contributed by atoms with Crippen LogP contribution in [0.15, 0.2) is 42.6 Å². The average Bonchev–Trinajstić information content (AvgIpc) is 3.23. The summed E-state index contributed by atoms with van der Waals surface area (Å²) in [4.78, 5) is 26.0. The van der Waals surface area contributed by atoms with Crippen LogP contribution in [-0.4, -0.2) is 37.7 Å². The van der Waals surface area contributed by atoms with E-state index in [1.165, 1.54) is 13.2 Å². The van der Waals surface area contributed by atoms with Crippen molar-refractivity contribution in [2.75, 3.05) is 12.4 Å². The third-order valence-corrected chi connectivity index (χ3v) is 5.49. The molecule has 0 bridgehead atoms. The number of pyridine rings is 1. The van der Waals surface area contributed by atoms with Crippen LogP contribution in [0, 0.1) is 5.82 Å². The van der Waals surface area contributed by atoms with Crippen molar-refractivity contribution in [3.8, 4) is 17.4 Å². The molecule has 1 aliphatic heterocycles. The van der Waals surface area contributed by atoms with Gasteiger partial charge in [0.25, 0.3) is 0 Å². The lowest BCUT2D eigenvalue weighted by Crippen LogP contribution is -2.27. The Morgan fingerprint density at radius 2 is 1.97 bits per heavy atom. The Morgan fingerprint density at radius 3 is 2.74 bits per heavy atom. The van der Waals surface area contributed by atoms with Crippen LogP contribution in [0.4, 0.5) is 10.2 Å². The Labute approximate surface area is 177 Å².